The monoisotopic (exact) mass is 414 g/mol. The van der Waals surface area contributed by atoms with Crippen LogP contribution in [0.25, 0.3) is 11.2 Å². The average Bonchev–Trinajstić information content (AvgIpc) is 3.28. The van der Waals surface area contributed by atoms with Crippen molar-refractivity contribution in [2.45, 2.75) is 49.2 Å². The van der Waals surface area contributed by atoms with Gasteiger partial charge in [-0.15, -0.1) is 17.3 Å². The van der Waals surface area contributed by atoms with Crippen molar-refractivity contribution in [3.63, 3.8) is 0 Å². The number of hydrogen-bond acceptors (Lipinski definition) is 7. The van der Waals surface area contributed by atoms with E-state index >= 15 is 0 Å². The lowest BCUT2D eigenvalue weighted by molar-refractivity contribution is 0.561. The van der Waals surface area contributed by atoms with E-state index in [1.165, 1.54) is 18.2 Å². The molecule has 0 unspecified atom stereocenters. The molecule has 0 radical (unpaired) electrons. The molecule has 7 nitrogen and oxygen atoms in total. The second-order valence-electron chi connectivity index (χ2n) is 6.76. The third kappa shape index (κ3) is 3.54. The van der Waals surface area contributed by atoms with Gasteiger partial charge in [-0.3, -0.25) is 13.9 Å². The Balaban J connectivity index is 1.84. The molecule has 0 spiro atoms. The summed E-state index contributed by atoms with van der Waals surface area (Å²) in [5.41, 5.74) is 1.87. The molecule has 4 rings (SSSR count). The van der Waals surface area contributed by atoms with Crippen LogP contribution < -0.4 is 10.5 Å². The highest BCUT2D eigenvalue weighted by atomic mass is 32.2. The number of aromatic nitrogens is 5. The van der Waals surface area contributed by atoms with Crippen LogP contribution in [0.4, 0.5) is 5.95 Å². The molecule has 1 aliphatic heterocycles. The third-order valence-electron chi connectivity index (χ3n) is 4.75. The molecule has 1 aliphatic rings. The van der Waals surface area contributed by atoms with Gasteiger partial charge < -0.3 is 4.90 Å². The normalized spacial score (nSPS) is 14.3. The fourth-order valence-electron chi connectivity index (χ4n) is 3.32. The molecule has 3 aromatic rings. The van der Waals surface area contributed by atoms with Gasteiger partial charge in [0.1, 0.15) is 0 Å². The van der Waals surface area contributed by atoms with E-state index in [1.54, 1.807) is 29.9 Å². The van der Waals surface area contributed by atoms with Gasteiger partial charge >= 0.3 is 0 Å². The lowest BCUT2D eigenvalue weighted by atomic mass is 10.1. The first kappa shape index (κ1) is 19.0. The SMILES string of the molecule is CC#CCn1c(N2CCCCC2)nc2nc(Sc3nc(C)cs3)n(C)c(=O)c21. The Morgan fingerprint density at radius 3 is 2.68 bits per heavy atom. The quantitative estimate of drug-likeness (QED) is 0.483. The van der Waals surface area contributed by atoms with E-state index < -0.39 is 0 Å². The second-order valence-corrected chi connectivity index (χ2v) is 8.83. The number of fused-ring (bicyclic) bond motifs is 1. The van der Waals surface area contributed by atoms with Crippen molar-refractivity contribution in [3.05, 3.63) is 21.4 Å². The maximum Gasteiger partial charge on any atom is 0.280 e. The Kier molecular flexibility index (Phi) is 5.42. The number of piperidine rings is 1. The van der Waals surface area contributed by atoms with Crippen LogP contribution in [0, 0.1) is 18.8 Å². The Labute approximate surface area is 171 Å². The van der Waals surface area contributed by atoms with Gasteiger partial charge in [0, 0.05) is 31.2 Å². The summed E-state index contributed by atoms with van der Waals surface area (Å²) < 4.78 is 4.38. The smallest absolute Gasteiger partial charge is 0.280 e. The zero-order valence-electron chi connectivity index (χ0n) is 16.2. The van der Waals surface area contributed by atoms with E-state index in [2.05, 4.69) is 21.7 Å². The number of nitrogens with zero attached hydrogens (tertiary/aromatic N) is 6. The Morgan fingerprint density at radius 2 is 2.00 bits per heavy atom. The summed E-state index contributed by atoms with van der Waals surface area (Å²) in [5, 5.41) is 2.59. The second kappa shape index (κ2) is 7.97. The zero-order chi connectivity index (χ0) is 19.7. The largest absolute Gasteiger partial charge is 0.342 e. The van der Waals surface area contributed by atoms with E-state index in [-0.39, 0.29) is 5.56 Å². The Morgan fingerprint density at radius 1 is 1.21 bits per heavy atom. The van der Waals surface area contributed by atoms with Crippen molar-refractivity contribution < 1.29 is 0 Å². The molecule has 0 atom stereocenters. The minimum Gasteiger partial charge on any atom is -0.342 e. The minimum absolute atomic E-state index is 0.102. The molecule has 4 heterocycles. The summed E-state index contributed by atoms with van der Waals surface area (Å²) in [6.45, 7) is 6.10. The molecule has 0 N–H and O–H groups in total. The molecule has 0 saturated carbocycles. The van der Waals surface area contributed by atoms with Crippen LogP contribution in [0.3, 0.4) is 0 Å². The van der Waals surface area contributed by atoms with Crippen LogP contribution in [0.1, 0.15) is 31.9 Å². The lowest BCUT2D eigenvalue weighted by Gasteiger charge is -2.27. The molecule has 0 bridgehead atoms. The molecular weight excluding hydrogens is 392 g/mol. The standard InChI is InChI=1S/C19H22N6OS2/c1-4-5-11-25-14-15(21-17(25)24-9-7-6-8-10-24)22-18(23(3)16(14)26)28-19-20-13(2)12-27-19/h12H,6-11H2,1-3H3. The van der Waals surface area contributed by atoms with Gasteiger partial charge in [0.15, 0.2) is 20.7 Å². The average molecular weight is 415 g/mol. The summed E-state index contributed by atoms with van der Waals surface area (Å²) in [5.74, 6) is 6.81. The highest BCUT2D eigenvalue weighted by Crippen LogP contribution is 2.30. The van der Waals surface area contributed by atoms with Crippen LogP contribution >= 0.6 is 23.1 Å². The molecule has 1 saturated heterocycles. The van der Waals surface area contributed by atoms with Gasteiger partial charge in [-0.2, -0.15) is 4.98 Å². The number of rotatable bonds is 4. The Hall–Kier alpha value is -2.31. The van der Waals surface area contributed by atoms with Crippen LogP contribution in [0.2, 0.25) is 0 Å². The van der Waals surface area contributed by atoms with Gasteiger partial charge in [-0.25, -0.2) is 9.97 Å². The summed E-state index contributed by atoms with van der Waals surface area (Å²) in [4.78, 5) is 29.4. The molecule has 0 amide bonds. The molecule has 9 heteroatoms. The van der Waals surface area contributed by atoms with Gasteiger partial charge in [0.25, 0.3) is 5.56 Å². The van der Waals surface area contributed by atoms with E-state index in [1.807, 2.05) is 16.9 Å². The van der Waals surface area contributed by atoms with Crippen molar-refractivity contribution >= 4 is 40.2 Å². The molecule has 1 fully saturated rings. The lowest BCUT2D eigenvalue weighted by Crippen LogP contribution is -2.32. The third-order valence-corrected chi connectivity index (χ3v) is 6.86. The molecule has 0 aromatic carbocycles. The zero-order valence-corrected chi connectivity index (χ0v) is 17.9. The van der Waals surface area contributed by atoms with Crippen LogP contribution in [0.15, 0.2) is 19.7 Å². The molecule has 28 heavy (non-hydrogen) atoms. The fourth-order valence-corrected chi connectivity index (χ4v) is 5.10. The minimum atomic E-state index is -0.102. The first-order valence-electron chi connectivity index (χ1n) is 9.30. The van der Waals surface area contributed by atoms with Crippen molar-refractivity contribution in [2.24, 2.45) is 7.05 Å². The van der Waals surface area contributed by atoms with E-state index in [0.717, 1.165) is 41.9 Å². The number of anilines is 1. The van der Waals surface area contributed by atoms with Crippen molar-refractivity contribution in [1.29, 1.82) is 0 Å². The molecular formula is C19H22N6OS2. The van der Waals surface area contributed by atoms with Crippen LogP contribution in [-0.4, -0.2) is 37.2 Å². The predicted octanol–water partition coefficient (Wildman–Crippen LogP) is 3.06. The highest BCUT2D eigenvalue weighted by Gasteiger charge is 2.23. The van der Waals surface area contributed by atoms with E-state index in [4.69, 9.17) is 9.97 Å². The summed E-state index contributed by atoms with van der Waals surface area (Å²) in [6, 6.07) is 0. The number of aryl methyl sites for hydroxylation is 1. The molecule has 3 aromatic heterocycles. The fraction of sp³-hybridized carbons (Fsp3) is 0.474. The van der Waals surface area contributed by atoms with Gasteiger partial charge in [0.2, 0.25) is 5.95 Å². The van der Waals surface area contributed by atoms with Gasteiger partial charge in [-0.1, -0.05) is 5.92 Å². The molecule has 0 aliphatic carbocycles. The topological polar surface area (TPSA) is 68.8 Å². The van der Waals surface area contributed by atoms with Gasteiger partial charge in [-0.05, 0) is 44.9 Å². The number of imidazole rings is 1. The van der Waals surface area contributed by atoms with Crippen molar-refractivity contribution in [3.8, 4) is 11.8 Å². The van der Waals surface area contributed by atoms with Crippen LogP contribution in [0.5, 0.6) is 0 Å². The van der Waals surface area contributed by atoms with Crippen molar-refractivity contribution in [1.82, 2.24) is 24.1 Å². The number of thiazole rings is 1. The summed E-state index contributed by atoms with van der Waals surface area (Å²) in [6.07, 6.45) is 3.51. The first-order valence-corrected chi connectivity index (χ1v) is 11.0. The summed E-state index contributed by atoms with van der Waals surface area (Å²) >= 11 is 2.95. The van der Waals surface area contributed by atoms with E-state index in [9.17, 15) is 4.79 Å². The molecule has 146 valence electrons. The predicted molar refractivity (Wildman–Crippen MR) is 113 cm³/mol. The number of hydrogen-bond donors (Lipinski definition) is 0. The Bertz CT molecular complexity index is 1130. The highest BCUT2D eigenvalue weighted by molar-refractivity contribution is 8.00. The maximum atomic E-state index is 13.2. The maximum absolute atomic E-state index is 13.2. The van der Waals surface area contributed by atoms with E-state index in [0.29, 0.717) is 22.9 Å². The van der Waals surface area contributed by atoms with Crippen molar-refractivity contribution in [2.75, 3.05) is 18.0 Å². The van der Waals surface area contributed by atoms with Gasteiger partial charge in [0.05, 0.1) is 6.54 Å². The van der Waals surface area contributed by atoms with Crippen LogP contribution in [-0.2, 0) is 13.6 Å². The first-order chi connectivity index (χ1) is 13.6. The summed E-state index contributed by atoms with van der Waals surface area (Å²) in [7, 11) is 1.75.